The molecule has 39 heavy (non-hydrogen) atoms. The van der Waals surface area contributed by atoms with Crippen LogP contribution in [0.4, 0.5) is 15.3 Å². The van der Waals surface area contributed by atoms with Crippen LogP contribution in [0.25, 0.3) is 16.7 Å². The van der Waals surface area contributed by atoms with Crippen LogP contribution in [0.15, 0.2) is 79.1 Å². The molecule has 1 heterocycles. The number of nitrogens with one attached hydrogen (secondary N) is 2. The van der Waals surface area contributed by atoms with Crippen molar-refractivity contribution in [2.75, 3.05) is 31.7 Å². The fourth-order valence-electron chi connectivity index (χ4n) is 3.59. The highest BCUT2D eigenvalue weighted by atomic mass is 16.6. The number of imidazole rings is 1. The number of hydrogen-bond donors (Lipinski definition) is 2. The third-order valence-corrected chi connectivity index (χ3v) is 5.28. The minimum atomic E-state index is -0.558. The second kappa shape index (κ2) is 12.8. The highest BCUT2D eigenvalue weighted by Crippen LogP contribution is 2.24. The van der Waals surface area contributed by atoms with Crippen molar-refractivity contribution < 1.29 is 28.5 Å². The zero-order valence-electron chi connectivity index (χ0n) is 22.2. The third-order valence-electron chi connectivity index (χ3n) is 5.28. The van der Waals surface area contributed by atoms with Crippen molar-refractivity contribution in [1.82, 2.24) is 14.9 Å². The molecule has 10 heteroatoms. The Balaban J connectivity index is 1.23. The molecule has 3 aromatic carbocycles. The number of ether oxygens (including phenoxy) is 4. The summed E-state index contributed by atoms with van der Waals surface area (Å²) in [5, 5.41) is 5.36. The lowest BCUT2D eigenvalue weighted by atomic mass is 10.2. The van der Waals surface area contributed by atoms with Gasteiger partial charge in [-0.3, -0.25) is 9.88 Å². The van der Waals surface area contributed by atoms with Crippen LogP contribution < -0.4 is 20.1 Å². The predicted molar refractivity (Wildman–Crippen MR) is 148 cm³/mol. The van der Waals surface area contributed by atoms with Crippen molar-refractivity contribution in [2.45, 2.75) is 26.4 Å². The minimum Gasteiger partial charge on any atom is -0.491 e. The number of carbonyl (C=O) groups is 2. The van der Waals surface area contributed by atoms with Crippen LogP contribution >= 0.6 is 0 Å². The summed E-state index contributed by atoms with van der Waals surface area (Å²) in [4.78, 5) is 28.2. The highest BCUT2D eigenvalue weighted by molar-refractivity contribution is 5.86. The molecule has 2 amide bonds. The second-order valence-electron chi connectivity index (χ2n) is 9.53. The van der Waals surface area contributed by atoms with Crippen LogP contribution in [-0.2, 0) is 9.47 Å². The standard InChI is InChI=1S/C29H32N4O6/c1-29(2,3)39-27(34)30-15-16-36-17-18-37-24-13-14-26-25(19-24)31-20-33(26)22-11-9-21(10-12-22)32-28(35)38-23-7-5-4-6-8-23/h4-14,19-20H,15-18H2,1-3H3,(H,30,34)(H,32,35). The lowest BCUT2D eigenvalue weighted by molar-refractivity contribution is 0.0489. The van der Waals surface area contributed by atoms with Crippen molar-refractivity contribution in [1.29, 1.82) is 0 Å². The van der Waals surface area contributed by atoms with Crippen molar-refractivity contribution in [2.24, 2.45) is 0 Å². The van der Waals surface area contributed by atoms with Gasteiger partial charge in [0.1, 0.15) is 30.0 Å². The minimum absolute atomic E-state index is 0.354. The number of amides is 2. The number of benzene rings is 3. The lowest BCUT2D eigenvalue weighted by Crippen LogP contribution is -2.34. The number of aromatic nitrogens is 2. The van der Waals surface area contributed by atoms with Crippen LogP contribution in [0, 0.1) is 0 Å². The Morgan fingerprint density at radius 3 is 2.38 bits per heavy atom. The average molecular weight is 533 g/mol. The first-order chi connectivity index (χ1) is 18.8. The van der Waals surface area contributed by atoms with E-state index in [1.165, 1.54) is 0 Å². The van der Waals surface area contributed by atoms with Crippen LogP contribution in [0.3, 0.4) is 0 Å². The van der Waals surface area contributed by atoms with Gasteiger partial charge in [-0.15, -0.1) is 0 Å². The molecule has 204 valence electrons. The molecule has 0 saturated carbocycles. The number of nitrogens with zero attached hydrogens (tertiary/aromatic N) is 2. The molecular formula is C29H32N4O6. The Hall–Kier alpha value is -4.57. The van der Waals surface area contributed by atoms with E-state index in [0.717, 1.165) is 16.7 Å². The number of rotatable bonds is 10. The maximum Gasteiger partial charge on any atom is 0.417 e. The smallest absolute Gasteiger partial charge is 0.417 e. The lowest BCUT2D eigenvalue weighted by Gasteiger charge is -2.19. The molecule has 4 rings (SSSR count). The number of carbonyl (C=O) groups excluding carboxylic acids is 2. The predicted octanol–water partition coefficient (Wildman–Crippen LogP) is 5.56. The molecule has 0 unspecified atom stereocenters. The van der Waals surface area contributed by atoms with Gasteiger partial charge in [0.05, 0.1) is 24.2 Å². The molecule has 0 spiro atoms. The van der Waals surface area contributed by atoms with E-state index in [1.54, 1.807) is 42.7 Å². The Morgan fingerprint density at radius 1 is 0.872 bits per heavy atom. The SMILES string of the molecule is CC(C)(C)OC(=O)NCCOCCOc1ccc2c(c1)ncn2-c1ccc(NC(=O)Oc2ccccc2)cc1. The number of anilines is 1. The second-order valence-corrected chi connectivity index (χ2v) is 9.53. The quantitative estimate of drug-likeness (QED) is 0.257. The molecule has 0 aliphatic heterocycles. The fourth-order valence-corrected chi connectivity index (χ4v) is 3.59. The Bertz CT molecular complexity index is 1380. The van der Waals surface area contributed by atoms with E-state index in [1.807, 2.05) is 61.7 Å². The van der Waals surface area contributed by atoms with Gasteiger partial charge in [0.25, 0.3) is 0 Å². The van der Waals surface area contributed by atoms with Gasteiger partial charge < -0.3 is 24.3 Å². The maximum absolute atomic E-state index is 12.1. The summed E-state index contributed by atoms with van der Waals surface area (Å²) in [5.74, 6) is 1.15. The van der Waals surface area contributed by atoms with E-state index in [4.69, 9.17) is 18.9 Å². The number of alkyl carbamates (subject to hydrolysis) is 1. The van der Waals surface area contributed by atoms with Crippen molar-refractivity contribution >= 4 is 28.9 Å². The zero-order valence-corrected chi connectivity index (χ0v) is 22.2. The third kappa shape index (κ3) is 8.47. The first kappa shape index (κ1) is 27.5. The first-order valence-corrected chi connectivity index (χ1v) is 12.6. The monoisotopic (exact) mass is 532 g/mol. The van der Waals surface area contributed by atoms with Gasteiger partial charge in [0, 0.05) is 24.0 Å². The summed E-state index contributed by atoms with van der Waals surface area (Å²) in [6.45, 7) is 6.88. The van der Waals surface area contributed by atoms with Crippen molar-refractivity contribution in [3.63, 3.8) is 0 Å². The Morgan fingerprint density at radius 2 is 1.64 bits per heavy atom. The largest absolute Gasteiger partial charge is 0.491 e. The highest BCUT2D eigenvalue weighted by Gasteiger charge is 2.15. The van der Waals surface area contributed by atoms with Gasteiger partial charge in [-0.25, -0.2) is 14.6 Å². The molecule has 4 aromatic rings. The Kier molecular flexibility index (Phi) is 9.01. The topological polar surface area (TPSA) is 113 Å². The molecule has 0 bridgehead atoms. The molecule has 0 fully saturated rings. The van der Waals surface area contributed by atoms with Gasteiger partial charge in [-0.05, 0) is 69.3 Å². The van der Waals surface area contributed by atoms with Crippen LogP contribution in [0.2, 0.25) is 0 Å². The van der Waals surface area contributed by atoms with E-state index in [2.05, 4.69) is 15.6 Å². The van der Waals surface area contributed by atoms with Crippen LogP contribution in [-0.4, -0.2) is 53.7 Å². The average Bonchev–Trinajstić information content (AvgIpc) is 3.31. The molecule has 0 radical (unpaired) electrons. The molecule has 1 aromatic heterocycles. The van der Waals surface area contributed by atoms with Gasteiger partial charge in [-0.1, -0.05) is 18.2 Å². The van der Waals surface area contributed by atoms with Gasteiger partial charge >= 0.3 is 12.2 Å². The molecular weight excluding hydrogens is 500 g/mol. The Labute approximate surface area is 226 Å². The zero-order chi connectivity index (χ0) is 27.7. The van der Waals surface area contributed by atoms with E-state index in [-0.39, 0.29) is 0 Å². The summed E-state index contributed by atoms with van der Waals surface area (Å²) in [6, 6.07) is 21.9. The normalized spacial score (nSPS) is 11.2. The summed E-state index contributed by atoms with van der Waals surface area (Å²) < 4.78 is 23.7. The molecule has 0 aliphatic carbocycles. The summed E-state index contributed by atoms with van der Waals surface area (Å²) in [7, 11) is 0. The van der Waals surface area contributed by atoms with Gasteiger partial charge in [0.15, 0.2) is 0 Å². The van der Waals surface area contributed by atoms with Gasteiger partial charge in [-0.2, -0.15) is 0 Å². The fraction of sp³-hybridized carbons (Fsp3) is 0.276. The molecule has 0 atom stereocenters. The van der Waals surface area contributed by atoms with Crippen molar-refractivity contribution in [3.8, 4) is 17.2 Å². The van der Waals surface area contributed by atoms with Crippen molar-refractivity contribution in [3.05, 3.63) is 79.1 Å². The summed E-state index contributed by atoms with van der Waals surface area (Å²) in [5.41, 5.74) is 2.67. The summed E-state index contributed by atoms with van der Waals surface area (Å²) >= 11 is 0. The molecule has 0 aliphatic rings. The van der Waals surface area contributed by atoms with Gasteiger partial charge in [0.2, 0.25) is 0 Å². The molecule has 0 saturated heterocycles. The maximum atomic E-state index is 12.1. The molecule has 2 N–H and O–H groups in total. The summed E-state index contributed by atoms with van der Waals surface area (Å²) in [6.07, 6.45) is 0.713. The van der Waals surface area contributed by atoms with E-state index < -0.39 is 17.8 Å². The number of hydrogen-bond acceptors (Lipinski definition) is 7. The molecule has 10 nitrogen and oxygen atoms in total. The van der Waals surface area contributed by atoms with E-state index >= 15 is 0 Å². The van der Waals surface area contributed by atoms with Crippen LogP contribution in [0.5, 0.6) is 11.5 Å². The van der Waals surface area contributed by atoms with Crippen LogP contribution in [0.1, 0.15) is 20.8 Å². The first-order valence-electron chi connectivity index (χ1n) is 12.6. The van der Waals surface area contributed by atoms with E-state index in [0.29, 0.717) is 43.6 Å². The number of fused-ring (bicyclic) bond motifs is 1. The van der Waals surface area contributed by atoms with E-state index in [9.17, 15) is 9.59 Å². The number of para-hydroxylation sites is 1.